The Labute approximate surface area is 136 Å². The molecule has 0 aromatic rings. The Morgan fingerprint density at radius 3 is 1.91 bits per heavy atom. The maximum Gasteiger partial charge on any atom is 0.411 e. The number of carboxylic acids is 1. The van der Waals surface area contributed by atoms with E-state index in [9.17, 15) is 14.4 Å². The van der Waals surface area contributed by atoms with Gasteiger partial charge in [-0.05, 0) is 41.5 Å². The zero-order valence-corrected chi connectivity index (χ0v) is 14.6. The fourth-order valence-electron chi connectivity index (χ4n) is 1.94. The van der Waals surface area contributed by atoms with E-state index in [1.165, 1.54) is 4.90 Å². The summed E-state index contributed by atoms with van der Waals surface area (Å²) in [5.41, 5.74) is -1.32. The molecule has 8 nitrogen and oxygen atoms in total. The van der Waals surface area contributed by atoms with E-state index in [1.54, 1.807) is 41.5 Å². The predicted molar refractivity (Wildman–Crippen MR) is 82.2 cm³/mol. The van der Waals surface area contributed by atoms with E-state index in [1.807, 2.05) is 0 Å². The summed E-state index contributed by atoms with van der Waals surface area (Å²) in [5, 5.41) is 8.97. The Hall–Kier alpha value is -1.99. The fraction of sp³-hybridized carbons (Fsp3) is 0.800. The van der Waals surface area contributed by atoms with Gasteiger partial charge >= 0.3 is 18.2 Å². The van der Waals surface area contributed by atoms with Gasteiger partial charge in [-0.15, -0.1) is 0 Å². The summed E-state index contributed by atoms with van der Waals surface area (Å²) in [6.45, 7) is 10.4. The predicted octanol–water partition coefficient (Wildman–Crippen LogP) is 1.93. The van der Waals surface area contributed by atoms with Crippen molar-refractivity contribution in [2.75, 3.05) is 19.6 Å². The number of carbonyl (C=O) groups excluding carboxylic acids is 2. The molecule has 1 saturated heterocycles. The molecule has 1 fully saturated rings. The van der Waals surface area contributed by atoms with Crippen molar-refractivity contribution in [3.8, 4) is 0 Å². The van der Waals surface area contributed by atoms with Crippen molar-refractivity contribution < 1.29 is 29.0 Å². The van der Waals surface area contributed by atoms with Crippen LogP contribution < -0.4 is 0 Å². The quantitative estimate of drug-likeness (QED) is 0.849. The SMILES string of the molecule is CC(C)(C)OC(=O)N1CC(N(CC(=O)O)C(=O)OC(C)(C)C)C1. The standard InChI is InChI=1S/C15H26N2O6/c1-14(2,3)22-12(20)16-7-10(8-16)17(9-11(18)19)13(21)23-15(4,5)6/h10H,7-9H2,1-6H3,(H,18,19). The minimum absolute atomic E-state index is 0.224. The summed E-state index contributed by atoms with van der Waals surface area (Å²) in [7, 11) is 0. The maximum atomic E-state index is 12.1. The van der Waals surface area contributed by atoms with E-state index in [0.29, 0.717) is 0 Å². The Kier molecular flexibility index (Phi) is 5.50. The molecule has 0 unspecified atom stereocenters. The highest BCUT2D eigenvalue weighted by Gasteiger charge is 2.41. The van der Waals surface area contributed by atoms with Gasteiger partial charge in [0.05, 0.1) is 6.04 Å². The molecular formula is C15H26N2O6. The van der Waals surface area contributed by atoms with Crippen molar-refractivity contribution in [1.29, 1.82) is 0 Å². The van der Waals surface area contributed by atoms with Gasteiger partial charge in [0.25, 0.3) is 0 Å². The van der Waals surface area contributed by atoms with Crippen LogP contribution in [0.25, 0.3) is 0 Å². The molecule has 1 aliphatic rings. The largest absolute Gasteiger partial charge is 0.480 e. The lowest BCUT2D eigenvalue weighted by Crippen LogP contribution is -2.64. The summed E-state index contributed by atoms with van der Waals surface area (Å²) in [5.74, 6) is -1.13. The van der Waals surface area contributed by atoms with Crippen molar-refractivity contribution in [2.24, 2.45) is 0 Å². The monoisotopic (exact) mass is 330 g/mol. The van der Waals surface area contributed by atoms with Crippen molar-refractivity contribution in [1.82, 2.24) is 9.80 Å². The molecule has 1 aliphatic heterocycles. The number of nitrogens with zero attached hydrogens (tertiary/aromatic N) is 2. The smallest absolute Gasteiger partial charge is 0.411 e. The Bertz CT molecular complexity index is 471. The number of aliphatic carboxylic acids is 1. The second-order valence-corrected chi connectivity index (χ2v) is 7.54. The van der Waals surface area contributed by atoms with E-state index in [4.69, 9.17) is 14.6 Å². The van der Waals surface area contributed by atoms with E-state index in [0.717, 1.165) is 4.90 Å². The van der Waals surface area contributed by atoms with Crippen LogP contribution in [0.2, 0.25) is 0 Å². The molecular weight excluding hydrogens is 304 g/mol. The minimum atomic E-state index is -1.13. The molecule has 0 bridgehead atoms. The molecule has 132 valence electrons. The molecule has 0 atom stereocenters. The normalized spacial score (nSPS) is 15.7. The number of hydrogen-bond acceptors (Lipinski definition) is 5. The highest BCUT2D eigenvalue weighted by atomic mass is 16.6. The summed E-state index contributed by atoms with van der Waals surface area (Å²) < 4.78 is 10.5. The lowest BCUT2D eigenvalue weighted by molar-refractivity contribution is -0.139. The lowest BCUT2D eigenvalue weighted by atomic mass is 10.1. The highest BCUT2D eigenvalue weighted by Crippen LogP contribution is 2.21. The van der Waals surface area contributed by atoms with Gasteiger partial charge in [0.2, 0.25) is 0 Å². The topological polar surface area (TPSA) is 96.4 Å². The molecule has 1 N–H and O–H groups in total. The number of hydrogen-bond donors (Lipinski definition) is 1. The third kappa shape index (κ3) is 6.33. The number of carboxylic acid groups (broad SMARTS) is 1. The van der Waals surface area contributed by atoms with Crippen LogP contribution in [0.15, 0.2) is 0 Å². The van der Waals surface area contributed by atoms with E-state index >= 15 is 0 Å². The van der Waals surface area contributed by atoms with Crippen molar-refractivity contribution in [3.05, 3.63) is 0 Å². The molecule has 1 rings (SSSR count). The zero-order chi connectivity index (χ0) is 18.0. The Morgan fingerprint density at radius 2 is 1.52 bits per heavy atom. The summed E-state index contributed by atoms with van der Waals surface area (Å²) in [6, 6.07) is -0.395. The van der Waals surface area contributed by atoms with E-state index in [2.05, 4.69) is 0 Å². The number of amides is 2. The van der Waals surface area contributed by atoms with Gasteiger partial charge < -0.3 is 19.5 Å². The lowest BCUT2D eigenvalue weighted by Gasteiger charge is -2.44. The summed E-state index contributed by atoms with van der Waals surface area (Å²) in [4.78, 5) is 37.6. The van der Waals surface area contributed by atoms with E-state index < -0.39 is 41.9 Å². The third-order valence-corrected chi connectivity index (χ3v) is 2.89. The molecule has 0 spiro atoms. The van der Waals surface area contributed by atoms with Gasteiger partial charge in [-0.25, -0.2) is 9.59 Å². The van der Waals surface area contributed by atoms with Gasteiger partial charge in [0, 0.05) is 13.1 Å². The molecule has 0 aromatic carbocycles. The van der Waals surface area contributed by atoms with Crippen LogP contribution in [0.5, 0.6) is 0 Å². The average Bonchev–Trinajstić information content (AvgIpc) is 2.19. The van der Waals surface area contributed by atoms with Gasteiger partial charge in [0.1, 0.15) is 17.7 Å². The fourth-order valence-corrected chi connectivity index (χ4v) is 1.94. The average molecular weight is 330 g/mol. The Balaban J connectivity index is 2.65. The van der Waals surface area contributed by atoms with Crippen LogP contribution in [0.3, 0.4) is 0 Å². The van der Waals surface area contributed by atoms with Crippen LogP contribution >= 0.6 is 0 Å². The van der Waals surface area contributed by atoms with Crippen LogP contribution in [0.4, 0.5) is 9.59 Å². The second kappa shape index (κ2) is 6.64. The van der Waals surface area contributed by atoms with Gasteiger partial charge in [-0.3, -0.25) is 9.69 Å². The summed E-state index contributed by atoms with van der Waals surface area (Å²) >= 11 is 0. The first-order valence-electron chi connectivity index (χ1n) is 7.48. The van der Waals surface area contributed by atoms with Gasteiger partial charge in [-0.2, -0.15) is 0 Å². The van der Waals surface area contributed by atoms with Crippen LogP contribution in [-0.2, 0) is 14.3 Å². The van der Waals surface area contributed by atoms with Gasteiger partial charge in [0.15, 0.2) is 0 Å². The number of carbonyl (C=O) groups is 3. The van der Waals surface area contributed by atoms with Gasteiger partial charge in [-0.1, -0.05) is 0 Å². The van der Waals surface area contributed by atoms with Crippen molar-refractivity contribution >= 4 is 18.2 Å². The molecule has 0 aromatic heterocycles. The molecule has 8 heteroatoms. The maximum absolute atomic E-state index is 12.1. The second-order valence-electron chi connectivity index (χ2n) is 7.54. The molecule has 2 amide bonds. The zero-order valence-electron chi connectivity index (χ0n) is 14.6. The molecule has 23 heavy (non-hydrogen) atoms. The highest BCUT2D eigenvalue weighted by molar-refractivity contribution is 5.78. The van der Waals surface area contributed by atoms with Crippen molar-refractivity contribution in [2.45, 2.75) is 58.8 Å². The van der Waals surface area contributed by atoms with Crippen LogP contribution in [0.1, 0.15) is 41.5 Å². The molecule has 0 aliphatic carbocycles. The molecule has 1 heterocycles. The molecule has 0 radical (unpaired) electrons. The molecule has 0 saturated carbocycles. The van der Waals surface area contributed by atoms with Crippen LogP contribution in [0, 0.1) is 0 Å². The third-order valence-electron chi connectivity index (χ3n) is 2.89. The summed E-state index contributed by atoms with van der Waals surface area (Å²) in [6.07, 6.45) is -1.18. The minimum Gasteiger partial charge on any atom is -0.480 e. The van der Waals surface area contributed by atoms with E-state index in [-0.39, 0.29) is 13.1 Å². The first kappa shape index (κ1) is 19.1. The number of likely N-dealkylation sites (tertiary alicyclic amines) is 1. The first-order valence-corrected chi connectivity index (χ1v) is 7.48. The Morgan fingerprint density at radius 1 is 1.04 bits per heavy atom. The van der Waals surface area contributed by atoms with Crippen molar-refractivity contribution in [3.63, 3.8) is 0 Å². The first-order chi connectivity index (χ1) is 10.3. The number of rotatable bonds is 3. The number of ether oxygens (including phenoxy) is 2. The van der Waals surface area contributed by atoms with Crippen LogP contribution in [-0.4, -0.2) is 69.9 Å².